The van der Waals surface area contributed by atoms with Crippen LogP contribution < -0.4 is 0 Å². The lowest BCUT2D eigenvalue weighted by molar-refractivity contribution is 0.607. The molecule has 140 valence electrons. The third-order valence-corrected chi connectivity index (χ3v) is 5.42. The minimum atomic E-state index is 0.773. The first-order valence-electron chi connectivity index (χ1n) is 10.2. The van der Waals surface area contributed by atoms with Crippen molar-refractivity contribution in [3.8, 4) is 22.3 Å². The minimum Gasteiger partial charge on any atom is -0.0843 e. The second-order valence-corrected chi connectivity index (χ2v) is 7.70. The van der Waals surface area contributed by atoms with Crippen LogP contribution in [0.5, 0.6) is 0 Å². The number of halogens is 1. The quantitative estimate of drug-likeness (QED) is 0.328. The highest BCUT2D eigenvalue weighted by Crippen LogP contribution is 2.32. The van der Waals surface area contributed by atoms with E-state index in [1.807, 2.05) is 12.1 Å². The summed E-state index contributed by atoms with van der Waals surface area (Å²) >= 11 is 6.05. The van der Waals surface area contributed by atoms with Crippen LogP contribution in [0.1, 0.15) is 51.0 Å². The van der Waals surface area contributed by atoms with E-state index < -0.39 is 0 Å². The first kappa shape index (κ1) is 19.7. The minimum absolute atomic E-state index is 0.773. The molecule has 0 aromatic heterocycles. The van der Waals surface area contributed by atoms with Crippen molar-refractivity contribution in [3.05, 3.63) is 83.4 Å². The summed E-state index contributed by atoms with van der Waals surface area (Å²) in [6.45, 7) is 2.27. The van der Waals surface area contributed by atoms with E-state index in [0.717, 1.165) is 5.02 Å². The first-order chi connectivity index (χ1) is 13.3. The van der Waals surface area contributed by atoms with Gasteiger partial charge in [0.2, 0.25) is 0 Å². The molecule has 0 radical (unpaired) electrons. The summed E-state index contributed by atoms with van der Waals surface area (Å²) in [6, 6.07) is 25.8. The number of unbranched alkanes of at least 4 members (excludes halogenated alkanes) is 5. The van der Waals surface area contributed by atoms with Crippen LogP contribution in [0, 0.1) is 0 Å². The Bertz CT molecular complexity index is 816. The summed E-state index contributed by atoms with van der Waals surface area (Å²) in [4.78, 5) is 0. The van der Waals surface area contributed by atoms with Gasteiger partial charge in [-0.2, -0.15) is 0 Å². The average molecular weight is 377 g/mol. The van der Waals surface area contributed by atoms with Crippen LogP contribution in [0.15, 0.2) is 72.8 Å². The summed E-state index contributed by atoms with van der Waals surface area (Å²) < 4.78 is 0. The lowest BCUT2D eigenvalue weighted by atomic mass is 9.93. The molecule has 0 N–H and O–H groups in total. The fourth-order valence-electron chi connectivity index (χ4n) is 3.58. The SMILES string of the molecule is CCCCCCCCc1ccc(-c2ccccc2-c2ccc(Cl)cc2)cc1. The van der Waals surface area contributed by atoms with Gasteiger partial charge in [0.1, 0.15) is 0 Å². The Morgan fingerprint density at radius 3 is 1.70 bits per heavy atom. The molecule has 0 heterocycles. The van der Waals surface area contributed by atoms with E-state index in [1.165, 1.54) is 72.8 Å². The van der Waals surface area contributed by atoms with E-state index in [1.54, 1.807) is 0 Å². The second kappa shape index (κ2) is 10.3. The van der Waals surface area contributed by atoms with Gasteiger partial charge in [0, 0.05) is 5.02 Å². The zero-order chi connectivity index (χ0) is 18.9. The summed E-state index contributed by atoms with van der Waals surface area (Å²) in [7, 11) is 0. The monoisotopic (exact) mass is 376 g/mol. The van der Waals surface area contributed by atoms with Crippen molar-refractivity contribution in [3.63, 3.8) is 0 Å². The molecular weight excluding hydrogens is 348 g/mol. The normalized spacial score (nSPS) is 10.9. The maximum atomic E-state index is 6.05. The molecule has 3 aromatic carbocycles. The molecule has 0 aliphatic heterocycles. The summed E-state index contributed by atoms with van der Waals surface area (Å²) in [5, 5.41) is 0.773. The van der Waals surface area contributed by atoms with Crippen molar-refractivity contribution in [1.29, 1.82) is 0 Å². The maximum Gasteiger partial charge on any atom is 0.0406 e. The molecule has 1 heteroatoms. The van der Waals surface area contributed by atoms with Gasteiger partial charge in [0.05, 0.1) is 0 Å². The van der Waals surface area contributed by atoms with Crippen LogP contribution in [-0.2, 0) is 6.42 Å². The zero-order valence-corrected chi connectivity index (χ0v) is 17.0. The van der Waals surface area contributed by atoms with E-state index in [9.17, 15) is 0 Å². The lowest BCUT2D eigenvalue weighted by Crippen LogP contribution is -1.88. The second-order valence-electron chi connectivity index (χ2n) is 7.27. The Kier molecular flexibility index (Phi) is 7.54. The molecule has 0 fully saturated rings. The zero-order valence-electron chi connectivity index (χ0n) is 16.3. The third kappa shape index (κ3) is 5.71. The number of aryl methyl sites for hydroxylation is 1. The molecule has 0 bridgehead atoms. The van der Waals surface area contributed by atoms with Crippen LogP contribution in [0.25, 0.3) is 22.3 Å². The van der Waals surface area contributed by atoms with Gasteiger partial charge in [0.15, 0.2) is 0 Å². The van der Waals surface area contributed by atoms with Crippen LogP contribution in [0.3, 0.4) is 0 Å². The van der Waals surface area contributed by atoms with E-state index in [4.69, 9.17) is 11.6 Å². The first-order valence-corrected chi connectivity index (χ1v) is 10.6. The summed E-state index contributed by atoms with van der Waals surface area (Å²) in [5.41, 5.74) is 6.43. The fraction of sp³-hybridized carbons (Fsp3) is 0.308. The predicted octanol–water partition coefficient (Wildman–Crippen LogP) is 8.58. The predicted molar refractivity (Wildman–Crippen MR) is 119 cm³/mol. The molecular formula is C26H29Cl. The van der Waals surface area contributed by atoms with Gasteiger partial charge in [0.25, 0.3) is 0 Å². The van der Waals surface area contributed by atoms with Crippen LogP contribution in [0.4, 0.5) is 0 Å². The van der Waals surface area contributed by atoms with E-state index in [2.05, 4.69) is 67.6 Å². The topological polar surface area (TPSA) is 0 Å². The number of benzene rings is 3. The standard InChI is InChI=1S/C26H29Cl/c1-2-3-4-5-6-7-10-21-13-15-22(16-14-21)25-11-8-9-12-26(25)23-17-19-24(27)20-18-23/h8-9,11-20H,2-7,10H2,1H3. The molecule has 0 aliphatic rings. The Balaban J connectivity index is 1.68. The van der Waals surface area contributed by atoms with Crippen molar-refractivity contribution in [1.82, 2.24) is 0 Å². The molecule has 0 amide bonds. The summed E-state index contributed by atoms with van der Waals surface area (Å²) in [5.74, 6) is 0. The Morgan fingerprint density at radius 2 is 1.11 bits per heavy atom. The molecule has 0 saturated heterocycles. The van der Waals surface area contributed by atoms with Gasteiger partial charge in [-0.15, -0.1) is 0 Å². The van der Waals surface area contributed by atoms with E-state index >= 15 is 0 Å². The highest BCUT2D eigenvalue weighted by molar-refractivity contribution is 6.30. The molecule has 0 atom stereocenters. The van der Waals surface area contributed by atoms with Crippen molar-refractivity contribution in [2.45, 2.75) is 51.9 Å². The van der Waals surface area contributed by atoms with Crippen LogP contribution in [-0.4, -0.2) is 0 Å². The van der Waals surface area contributed by atoms with Crippen LogP contribution >= 0.6 is 11.6 Å². The van der Waals surface area contributed by atoms with Crippen molar-refractivity contribution >= 4 is 11.6 Å². The number of rotatable bonds is 9. The highest BCUT2D eigenvalue weighted by Gasteiger charge is 2.07. The number of hydrogen-bond acceptors (Lipinski definition) is 0. The average Bonchev–Trinajstić information content (AvgIpc) is 2.72. The molecule has 0 spiro atoms. The molecule has 0 saturated carbocycles. The lowest BCUT2D eigenvalue weighted by Gasteiger charge is -2.11. The summed E-state index contributed by atoms with van der Waals surface area (Å²) in [6.07, 6.45) is 9.29. The molecule has 0 unspecified atom stereocenters. The molecule has 0 nitrogen and oxygen atoms in total. The maximum absolute atomic E-state index is 6.05. The van der Waals surface area contributed by atoms with E-state index in [0.29, 0.717) is 0 Å². The smallest absolute Gasteiger partial charge is 0.0406 e. The van der Waals surface area contributed by atoms with E-state index in [-0.39, 0.29) is 0 Å². The Labute approximate surface area is 169 Å². The van der Waals surface area contributed by atoms with Crippen molar-refractivity contribution in [2.75, 3.05) is 0 Å². The van der Waals surface area contributed by atoms with Gasteiger partial charge < -0.3 is 0 Å². The largest absolute Gasteiger partial charge is 0.0843 e. The Hall–Kier alpha value is -2.05. The van der Waals surface area contributed by atoms with Gasteiger partial charge in [-0.3, -0.25) is 0 Å². The Morgan fingerprint density at radius 1 is 0.593 bits per heavy atom. The molecule has 3 aromatic rings. The molecule has 0 aliphatic carbocycles. The van der Waals surface area contributed by atoms with Gasteiger partial charge in [-0.25, -0.2) is 0 Å². The van der Waals surface area contributed by atoms with Gasteiger partial charge in [-0.05, 0) is 52.8 Å². The third-order valence-electron chi connectivity index (χ3n) is 5.17. The van der Waals surface area contributed by atoms with Crippen LogP contribution in [0.2, 0.25) is 5.02 Å². The highest BCUT2D eigenvalue weighted by atomic mass is 35.5. The molecule has 3 rings (SSSR count). The van der Waals surface area contributed by atoms with Crippen molar-refractivity contribution < 1.29 is 0 Å². The molecule has 27 heavy (non-hydrogen) atoms. The van der Waals surface area contributed by atoms with Gasteiger partial charge >= 0.3 is 0 Å². The fourth-order valence-corrected chi connectivity index (χ4v) is 3.70. The van der Waals surface area contributed by atoms with Crippen molar-refractivity contribution in [2.24, 2.45) is 0 Å². The van der Waals surface area contributed by atoms with Gasteiger partial charge in [-0.1, -0.05) is 111 Å². The number of hydrogen-bond donors (Lipinski definition) is 0.